The van der Waals surface area contributed by atoms with Crippen LogP contribution in [-0.2, 0) is 6.18 Å². The largest absolute Gasteiger partial charge is 0.417 e. The van der Waals surface area contributed by atoms with Crippen LogP contribution in [0.25, 0.3) is 0 Å². The van der Waals surface area contributed by atoms with E-state index in [0.29, 0.717) is 0 Å². The summed E-state index contributed by atoms with van der Waals surface area (Å²) in [6.07, 6.45) is -4.60. The van der Waals surface area contributed by atoms with Gasteiger partial charge in [-0.15, -0.1) is 0 Å². The van der Waals surface area contributed by atoms with E-state index in [1.54, 1.807) is 0 Å². The van der Waals surface area contributed by atoms with E-state index in [0.717, 1.165) is 23.4 Å². The van der Waals surface area contributed by atoms with Crippen molar-refractivity contribution in [3.63, 3.8) is 0 Å². The van der Waals surface area contributed by atoms with Gasteiger partial charge >= 0.3 is 6.18 Å². The van der Waals surface area contributed by atoms with Gasteiger partial charge in [0.25, 0.3) is 0 Å². The molecule has 0 aliphatic heterocycles. The zero-order chi connectivity index (χ0) is 17.0. The summed E-state index contributed by atoms with van der Waals surface area (Å²) in [6, 6.07) is 12.3. The Hall–Kier alpha value is -2.59. The van der Waals surface area contributed by atoms with Crippen LogP contribution in [0.1, 0.15) is 16.7 Å². The predicted octanol–water partition coefficient (Wildman–Crippen LogP) is 4.69. The fourth-order valence-electron chi connectivity index (χ4n) is 1.88. The molecular weight excluding hydrogens is 323 g/mol. The zero-order valence-electron chi connectivity index (χ0n) is 12.0. The summed E-state index contributed by atoms with van der Waals surface area (Å²) in [4.78, 5) is 0. The van der Waals surface area contributed by atoms with Crippen molar-refractivity contribution in [1.29, 1.82) is 5.26 Å². The molecule has 7 heteroatoms. The highest BCUT2D eigenvalue weighted by atomic mass is 32.1. The molecule has 0 atom stereocenters. The number of alkyl halides is 3. The highest BCUT2D eigenvalue weighted by molar-refractivity contribution is 7.80. The summed E-state index contributed by atoms with van der Waals surface area (Å²) >= 11 is 5.08. The number of halogens is 3. The third-order valence-corrected chi connectivity index (χ3v) is 3.22. The van der Waals surface area contributed by atoms with Crippen LogP contribution >= 0.6 is 12.2 Å². The van der Waals surface area contributed by atoms with Crippen molar-refractivity contribution in [2.75, 3.05) is 10.6 Å². The highest BCUT2D eigenvalue weighted by Crippen LogP contribution is 2.33. The Bertz CT molecular complexity index is 762. The van der Waals surface area contributed by atoms with E-state index >= 15 is 0 Å². The van der Waals surface area contributed by atoms with Gasteiger partial charge in [0.2, 0.25) is 0 Å². The van der Waals surface area contributed by atoms with Crippen LogP contribution in [0.2, 0.25) is 0 Å². The van der Waals surface area contributed by atoms with Crippen LogP contribution in [0.3, 0.4) is 0 Å². The van der Waals surface area contributed by atoms with Crippen LogP contribution in [0.15, 0.2) is 42.5 Å². The van der Waals surface area contributed by atoms with E-state index < -0.39 is 17.3 Å². The molecule has 0 fully saturated rings. The first-order valence-electron chi connectivity index (χ1n) is 6.55. The Kier molecular flexibility index (Phi) is 4.86. The molecular formula is C16H12F3N3S. The van der Waals surface area contributed by atoms with Gasteiger partial charge in [0, 0.05) is 11.4 Å². The molecule has 0 unspecified atom stereocenters. The lowest BCUT2D eigenvalue weighted by Gasteiger charge is -2.14. The van der Waals surface area contributed by atoms with Gasteiger partial charge in [0.05, 0.1) is 17.2 Å². The van der Waals surface area contributed by atoms with E-state index in [4.69, 9.17) is 17.5 Å². The number of nitrogens with zero attached hydrogens (tertiary/aromatic N) is 1. The van der Waals surface area contributed by atoms with E-state index in [9.17, 15) is 13.2 Å². The quantitative estimate of drug-likeness (QED) is 0.782. The molecule has 0 aromatic heterocycles. The van der Waals surface area contributed by atoms with Gasteiger partial charge in [-0.2, -0.15) is 18.4 Å². The van der Waals surface area contributed by atoms with Crippen molar-refractivity contribution in [1.82, 2.24) is 0 Å². The van der Waals surface area contributed by atoms with Gasteiger partial charge < -0.3 is 10.6 Å². The maximum absolute atomic E-state index is 12.9. The topological polar surface area (TPSA) is 47.8 Å². The molecule has 118 valence electrons. The zero-order valence-corrected chi connectivity index (χ0v) is 12.8. The average molecular weight is 335 g/mol. The molecule has 0 heterocycles. The molecule has 2 N–H and O–H groups in total. The van der Waals surface area contributed by atoms with Gasteiger partial charge in [0.15, 0.2) is 5.11 Å². The Morgan fingerprint density at radius 2 is 1.61 bits per heavy atom. The van der Waals surface area contributed by atoms with Crippen molar-refractivity contribution in [3.8, 4) is 6.07 Å². The monoisotopic (exact) mass is 335 g/mol. The van der Waals surface area contributed by atoms with Crippen molar-refractivity contribution in [3.05, 3.63) is 59.2 Å². The van der Waals surface area contributed by atoms with Crippen LogP contribution in [0.4, 0.5) is 24.5 Å². The molecule has 0 bridgehead atoms. The van der Waals surface area contributed by atoms with Crippen LogP contribution in [0, 0.1) is 18.3 Å². The third-order valence-electron chi connectivity index (χ3n) is 3.01. The number of anilines is 2. The van der Waals surface area contributed by atoms with Crippen molar-refractivity contribution >= 4 is 28.7 Å². The fourth-order valence-corrected chi connectivity index (χ4v) is 2.12. The van der Waals surface area contributed by atoms with Crippen LogP contribution in [-0.4, -0.2) is 5.11 Å². The number of aryl methyl sites for hydroxylation is 1. The van der Waals surface area contributed by atoms with Gasteiger partial charge in [0.1, 0.15) is 0 Å². The summed E-state index contributed by atoms with van der Waals surface area (Å²) in [5.41, 5.74) is 0.527. The molecule has 0 saturated carbocycles. The molecule has 2 aromatic rings. The SMILES string of the molecule is Cc1ccc(NC(=S)Nc2ccc(C#N)c(C(F)(F)F)c2)cc1. The van der Waals surface area contributed by atoms with Crippen LogP contribution < -0.4 is 10.6 Å². The Morgan fingerprint density at radius 1 is 1.04 bits per heavy atom. The lowest BCUT2D eigenvalue weighted by atomic mass is 10.1. The molecule has 2 rings (SSSR count). The lowest BCUT2D eigenvalue weighted by Crippen LogP contribution is -2.19. The Balaban J connectivity index is 2.15. The minimum Gasteiger partial charge on any atom is -0.332 e. The number of hydrogen-bond donors (Lipinski definition) is 2. The molecule has 0 spiro atoms. The molecule has 2 aromatic carbocycles. The van der Waals surface area contributed by atoms with Crippen LogP contribution in [0.5, 0.6) is 0 Å². The third kappa shape index (κ3) is 4.44. The average Bonchev–Trinajstić information content (AvgIpc) is 2.48. The number of nitriles is 1. The first-order chi connectivity index (χ1) is 10.8. The molecule has 0 radical (unpaired) electrons. The van der Waals surface area contributed by atoms with Gasteiger partial charge in [-0.25, -0.2) is 0 Å². The van der Waals surface area contributed by atoms with E-state index in [1.807, 2.05) is 31.2 Å². The predicted molar refractivity (Wildman–Crippen MR) is 87.2 cm³/mol. The number of rotatable bonds is 2. The van der Waals surface area contributed by atoms with Crippen molar-refractivity contribution in [2.45, 2.75) is 13.1 Å². The maximum Gasteiger partial charge on any atom is 0.417 e. The van der Waals surface area contributed by atoms with E-state index in [2.05, 4.69) is 10.6 Å². The minimum absolute atomic E-state index is 0.154. The second kappa shape index (κ2) is 6.67. The molecule has 0 aliphatic carbocycles. The number of nitrogens with one attached hydrogen (secondary N) is 2. The number of thiocarbonyl (C=S) groups is 1. The lowest BCUT2D eigenvalue weighted by molar-refractivity contribution is -0.137. The molecule has 3 nitrogen and oxygen atoms in total. The molecule has 0 saturated heterocycles. The smallest absolute Gasteiger partial charge is 0.332 e. The molecule has 0 amide bonds. The summed E-state index contributed by atoms with van der Waals surface area (Å²) in [6.45, 7) is 1.94. The molecule has 0 aliphatic rings. The first-order valence-corrected chi connectivity index (χ1v) is 6.96. The summed E-state index contributed by atoms with van der Waals surface area (Å²) in [5.74, 6) is 0. The van der Waals surface area contributed by atoms with Gasteiger partial charge in [-0.3, -0.25) is 0 Å². The summed E-state index contributed by atoms with van der Waals surface area (Å²) in [7, 11) is 0. The van der Waals surface area contributed by atoms with Gasteiger partial charge in [-0.05, 0) is 49.5 Å². The Morgan fingerprint density at radius 3 is 2.17 bits per heavy atom. The van der Waals surface area contributed by atoms with Gasteiger partial charge in [-0.1, -0.05) is 17.7 Å². The second-order valence-electron chi connectivity index (χ2n) is 4.82. The highest BCUT2D eigenvalue weighted by Gasteiger charge is 2.33. The van der Waals surface area contributed by atoms with E-state index in [1.165, 1.54) is 12.1 Å². The Labute approximate surface area is 136 Å². The molecule has 23 heavy (non-hydrogen) atoms. The maximum atomic E-state index is 12.9. The van der Waals surface area contributed by atoms with Crippen molar-refractivity contribution in [2.24, 2.45) is 0 Å². The first kappa shape index (κ1) is 16.8. The summed E-state index contributed by atoms with van der Waals surface area (Å²) in [5, 5.41) is 14.5. The van der Waals surface area contributed by atoms with E-state index in [-0.39, 0.29) is 10.8 Å². The fraction of sp³-hybridized carbons (Fsp3) is 0.125. The minimum atomic E-state index is -4.60. The number of benzene rings is 2. The van der Waals surface area contributed by atoms with Crippen molar-refractivity contribution < 1.29 is 13.2 Å². The second-order valence-corrected chi connectivity index (χ2v) is 5.22. The normalized spacial score (nSPS) is 10.7. The summed E-state index contributed by atoms with van der Waals surface area (Å²) < 4.78 is 38.7. The number of hydrogen-bond acceptors (Lipinski definition) is 2. The standard InChI is InChI=1S/C16H12F3N3S/c1-10-2-5-12(6-3-10)21-15(23)22-13-7-4-11(9-20)14(8-13)16(17,18)19/h2-8H,1H3,(H2,21,22,23).